The van der Waals surface area contributed by atoms with Gasteiger partial charge in [-0.1, -0.05) is 30.2 Å². The zero-order valence-electron chi connectivity index (χ0n) is 16.0. The summed E-state index contributed by atoms with van der Waals surface area (Å²) >= 11 is 6.00. The van der Waals surface area contributed by atoms with E-state index in [1.165, 1.54) is 4.90 Å². The number of hydrogen-bond acceptors (Lipinski definition) is 4. The molecule has 0 spiro atoms. The number of fused-ring (bicyclic) bond motifs is 1. The number of likely N-dealkylation sites (tertiary alicyclic amines) is 1. The summed E-state index contributed by atoms with van der Waals surface area (Å²) in [5.41, 5.74) is 0.317. The molecule has 2 amide bonds. The van der Waals surface area contributed by atoms with Crippen LogP contribution in [0.2, 0.25) is 5.02 Å². The first-order valence-corrected chi connectivity index (χ1v) is 9.81. The van der Waals surface area contributed by atoms with Gasteiger partial charge in [-0.15, -0.1) is 0 Å². The summed E-state index contributed by atoms with van der Waals surface area (Å²) in [6, 6.07) is 6.84. The number of rotatable bonds is 4. The zero-order chi connectivity index (χ0) is 19.6. The largest absolute Gasteiger partial charge is 0.441 e. The van der Waals surface area contributed by atoms with Crippen molar-refractivity contribution in [3.63, 3.8) is 0 Å². The molecule has 1 aliphatic heterocycles. The lowest BCUT2D eigenvalue weighted by atomic mass is 9.93. The van der Waals surface area contributed by atoms with Crippen molar-refractivity contribution >= 4 is 23.6 Å². The Morgan fingerprint density at radius 2 is 2.07 bits per heavy atom. The molecular weight excluding hydrogens is 368 g/mol. The van der Waals surface area contributed by atoms with Crippen LogP contribution in [0.4, 0.5) is 4.79 Å². The Bertz CT molecular complexity index is 703. The summed E-state index contributed by atoms with van der Waals surface area (Å²) in [6.45, 7) is 6.30. The van der Waals surface area contributed by atoms with Crippen LogP contribution in [0.15, 0.2) is 24.3 Å². The van der Waals surface area contributed by atoms with Gasteiger partial charge in [0.2, 0.25) is 5.91 Å². The predicted octanol–water partition coefficient (Wildman–Crippen LogP) is 3.92. The fourth-order valence-corrected chi connectivity index (χ4v) is 4.19. The number of benzene rings is 1. The summed E-state index contributed by atoms with van der Waals surface area (Å²) in [6.07, 6.45) is 2.48. The maximum atomic E-state index is 12.9. The first kappa shape index (κ1) is 20.0. The number of nitrogens with zero attached hydrogens (tertiary/aromatic N) is 1. The maximum Gasteiger partial charge on any atom is 0.441 e. The number of hydrogen-bond donors (Lipinski definition) is 1. The molecule has 148 valence electrons. The van der Waals surface area contributed by atoms with Gasteiger partial charge < -0.3 is 5.32 Å². The van der Waals surface area contributed by atoms with Crippen molar-refractivity contribution < 1.29 is 19.4 Å². The van der Waals surface area contributed by atoms with E-state index in [0.717, 1.165) is 24.8 Å². The van der Waals surface area contributed by atoms with E-state index in [1.807, 2.05) is 18.2 Å². The summed E-state index contributed by atoms with van der Waals surface area (Å²) in [5.74, 6) is 0.359. The number of halogens is 1. The van der Waals surface area contributed by atoms with Crippen LogP contribution in [-0.4, -0.2) is 35.1 Å². The highest BCUT2D eigenvalue weighted by atomic mass is 35.5. The highest BCUT2D eigenvalue weighted by Crippen LogP contribution is 2.42. The van der Waals surface area contributed by atoms with Crippen LogP contribution in [0.1, 0.15) is 45.6 Å². The normalized spacial score (nSPS) is 24.6. The van der Waals surface area contributed by atoms with E-state index in [9.17, 15) is 9.59 Å². The molecule has 3 atom stereocenters. The average Bonchev–Trinajstić information content (AvgIpc) is 3.17. The van der Waals surface area contributed by atoms with E-state index in [4.69, 9.17) is 21.4 Å². The average molecular weight is 395 g/mol. The molecule has 1 heterocycles. The van der Waals surface area contributed by atoms with E-state index in [1.54, 1.807) is 26.8 Å². The molecule has 1 aromatic carbocycles. The minimum absolute atomic E-state index is 0.155. The third-order valence-electron chi connectivity index (χ3n) is 5.11. The van der Waals surface area contributed by atoms with Crippen LogP contribution < -0.4 is 5.32 Å². The fourth-order valence-electron chi connectivity index (χ4n) is 3.98. The van der Waals surface area contributed by atoms with Gasteiger partial charge in [-0.25, -0.2) is 4.79 Å². The molecule has 1 aliphatic carbocycles. The van der Waals surface area contributed by atoms with Crippen LogP contribution in [0.25, 0.3) is 0 Å². The third-order valence-corrected chi connectivity index (χ3v) is 5.35. The Hall–Kier alpha value is -1.79. The van der Waals surface area contributed by atoms with Crippen molar-refractivity contribution in [3.05, 3.63) is 34.9 Å². The molecule has 0 bridgehead atoms. The molecule has 2 fully saturated rings. The quantitative estimate of drug-likeness (QED) is 0.620. The van der Waals surface area contributed by atoms with Gasteiger partial charge in [-0.2, -0.15) is 4.89 Å². The minimum Gasteiger partial charge on any atom is -0.350 e. The molecule has 0 aromatic heterocycles. The van der Waals surface area contributed by atoms with Gasteiger partial charge in [0, 0.05) is 18.1 Å². The van der Waals surface area contributed by atoms with Crippen LogP contribution in [-0.2, 0) is 21.1 Å². The third kappa shape index (κ3) is 4.93. The van der Waals surface area contributed by atoms with Crippen molar-refractivity contribution in [1.82, 2.24) is 10.2 Å². The highest BCUT2D eigenvalue weighted by molar-refractivity contribution is 6.30. The van der Waals surface area contributed by atoms with Gasteiger partial charge in [0.1, 0.15) is 11.6 Å². The second-order valence-electron chi connectivity index (χ2n) is 8.34. The molecule has 3 unspecified atom stereocenters. The number of nitrogens with one attached hydrogen (secondary N) is 1. The van der Waals surface area contributed by atoms with E-state index in [-0.39, 0.29) is 11.8 Å². The van der Waals surface area contributed by atoms with E-state index >= 15 is 0 Å². The molecule has 27 heavy (non-hydrogen) atoms. The second kappa shape index (κ2) is 8.07. The van der Waals surface area contributed by atoms with Gasteiger partial charge in [0.25, 0.3) is 0 Å². The van der Waals surface area contributed by atoms with E-state index in [0.29, 0.717) is 24.0 Å². The maximum absolute atomic E-state index is 12.9. The lowest BCUT2D eigenvalue weighted by Gasteiger charge is -2.27. The van der Waals surface area contributed by atoms with E-state index in [2.05, 4.69) is 5.32 Å². The smallest absolute Gasteiger partial charge is 0.350 e. The van der Waals surface area contributed by atoms with Crippen LogP contribution in [0.3, 0.4) is 0 Å². The van der Waals surface area contributed by atoms with Crippen molar-refractivity contribution in [2.45, 2.75) is 58.2 Å². The standard InChI is InChI=1S/C20H27ClN2O4/c1-20(2,3)27-26-19(25)23-12-14-7-5-9-16(14)17(23)18(24)22-11-13-6-4-8-15(21)10-13/h4,6,8,10,14,16-17H,5,7,9,11-12H2,1-3H3,(H,22,24). The Morgan fingerprint density at radius 3 is 2.78 bits per heavy atom. The Balaban J connectivity index is 1.67. The summed E-state index contributed by atoms with van der Waals surface area (Å²) in [4.78, 5) is 37.2. The Kier molecular flexibility index (Phi) is 5.96. The van der Waals surface area contributed by atoms with Gasteiger partial charge in [-0.05, 0) is 63.1 Å². The van der Waals surface area contributed by atoms with Gasteiger partial charge in [-0.3, -0.25) is 14.6 Å². The van der Waals surface area contributed by atoms with Gasteiger partial charge in [0.05, 0.1) is 0 Å². The van der Waals surface area contributed by atoms with Crippen molar-refractivity contribution in [1.29, 1.82) is 0 Å². The van der Waals surface area contributed by atoms with Crippen LogP contribution >= 0.6 is 11.6 Å². The molecular formula is C20H27ClN2O4. The first-order chi connectivity index (χ1) is 12.7. The number of carbonyl (C=O) groups is 2. The van der Waals surface area contributed by atoms with Gasteiger partial charge >= 0.3 is 6.09 Å². The first-order valence-electron chi connectivity index (χ1n) is 9.43. The lowest BCUT2D eigenvalue weighted by Crippen LogP contribution is -2.48. The molecule has 7 heteroatoms. The molecule has 1 saturated heterocycles. The lowest BCUT2D eigenvalue weighted by molar-refractivity contribution is -0.305. The van der Waals surface area contributed by atoms with Gasteiger partial charge in [0.15, 0.2) is 0 Å². The molecule has 0 radical (unpaired) electrons. The molecule has 1 aromatic rings. The molecule has 1 saturated carbocycles. The predicted molar refractivity (Wildman–Crippen MR) is 102 cm³/mol. The minimum atomic E-state index is -0.602. The van der Waals surface area contributed by atoms with Crippen molar-refractivity contribution in [2.75, 3.05) is 6.54 Å². The van der Waals surface area contributed by atoms with Crippen molar-refractivity contribution in [2.24, 2.45) is 11.8 Å². The summed E-state index contributed by atoms with van der Waals surface area (Å²) in [5, 5.41) is 3.58. The fraction of sp³-hybridized carbons (Fsp3) is 0.600. The molecule has 2 aliphatic rings. The van der Waals surface area contributed by atoms with Crippen LogP contribution in [0.5, 0.6) is 0 Å². The molecule has 3 rings (SSSR count). The molecule has 1 N–H and O–H groups in total. The zero-order valence-corrected chi connectivity index (χ0v) is 16.8. The number of carbonyl (C=O) groups excluding carboxylic acids is 2. The SMILES string of the molecule is CC(C)(C)OOC(=O)N1CC2CCCC2C1C(=O)NCc1cccc(Cl)c1. The number of amides is 2. The molecule has 6 nitrogen and oxygen atoms in total. The van der Waals surface area contributed by atoms with Crippen molar-refractivity contribution in [3.8, 4) is 0 Å². The van der Waals surface area contributed by atoms with E-state index < -0.39 is 17.7 Å². The highest BCUT2D eigenvalue weighted by Gasteiger charge is 2.50. The summed E-state index contributed by atoms with van der Waals surface area (Å²) in [7, 11) is 0. The van der Waals surface area contributed by atoms with Crippen LogP contribution in [0, 0.1) is 11.8 Å². The monoisotopic (exact) mass is 394 g/mol. The summed E-state index contributed by atoms with van der Waals surface area (Å²) < 4.78 is 0. The second-order valence-corrected chi connectivity index (χ2v) is 8.78. The Labute approximate surface area is 165 Å². The Morgan fingerprint density at radius 1 is 1.30 bits per heavy atom. The topological polar surface area (TPSA) is 67.9 Å².